The zero-order valence-electron chi connectivity index (χ0n) is 18.5. The molecular formula is C23H22FN7O3. The summed E-state index contributed by atoms with van der Waals surface area (Å²) in [6.45, 7) is 4.19. The Hall–Kier alpha value is -4.54. The molecule has 0 aliphatic carbocycles. The maximum Gasteiger partial charge on any atom is 0.411 e. The summed E-state index contributed by atoms with van der Waals surface area (Å²) in [5.74, 6) is -0.315. The van der Waals surface area contributed by atoms with Crippen LogP contribution in [0.5, 0.6) is 0 Å². The fourth-order valence-electron chi connectivity index (χ4n) is 3.37. The van der Waals surface area contributed by atoms with Crippen LogP contribution in [0.4, 0.5) is 25.6 Å². The van der Waals surface area contributed by atoms with Crippen LogP contribution >= 0.6 is 0 Å². The summed E-state index contributed by atoms with van der Waals surface area (Å²) in [6, 6.07) is 7.63. The van der Waals surface area contributed by atoms with Gasteiger partial charge in [-0.25, -0.2) is 19.0 Å². The lowest BCUT2D eigenvalue weighted by Gasteiger charge is -2.09. The molecule has 0 aliphatic rings. The highest BCUT2D eigenvalue weighted by molar-refractivity contribution is 5.98. The molecule has 10 nitrogen and oxygen atoms in total. The van der Waals surface area contributed by atoms with Gasteiger partial charge in [0.15, 0.2) is 0 Å². The number of hydrogen-bond acceptors (Lipinski definition) is 6. The average Bonchev–Trinajstić information content (AvgIpc) is 3.21. The van der Waals surface area contributed by atoms with Crippen molar-refractivity contribution in [1.29, 1.82) is 0 Å². The predicted molar refractivity (Wildman–Crippen MR) is 126 cm³/mol. The van der Waals surface area contributed by atoms with Crippen LogP contribution in [0.1, 0.15) is 13.8 Å². The Balaban J connectivity index is 1.81. The largest absolute Gasteiger partial charge is 0.450 e. The van der Waals surface area contributed by atoms with Gasteiger partial charge in [-0.15, -0.1) is 0 Å². The lowest BCUT2D eigenvalue weighted by molar-refractivity contribution is 0.168. The molecule has 0 bridgehead atoms. The summed E-state index contributed by atoms with van der Waals surface area (Å²) in [5.41, 5.74) is 3.27. The summed E-state index contributed by atoms with van der Waals surface area (Å²) in [5, 5.41) is 7.86. The van der Waals surface area contributed by atoms with Crippen molar-refractivity contribution < 1.29 is 18.7 Å². The monoisotopic (exact) mass is 463 g/mol. The summed E-state index contributed by atoms with van der Waals surface area (Å²) in [7, 11) is 0. The second kappa shape index (κ2) is 9.94. The van der Waals surface area contributed by atoms with E-state index < -0.39 is 17.9 Å². The summed E-state index contributed by atoms with van der Waals surface area (Å²) in [6.07, 6.45) is 3.99. The van der Waals surface area contributed by atoms with Crippen LogP contribution in [0.15, 0.2) is 48.9 Å². The van der Waals surface area contributed by atoms with E-state index in [9.17, 15) is 14.0 Å². The summed E-state index contributed by atoms with van der Waals surface area (Å²) >= 11 is 0. The number of ether oxygens (including phenoxy) is 1. The molecule has 174 valence electrons. The predicted octanol–water partition coefficient (Wildman–Crippen LogP) is 4.54. The second-order valence-electron chi connectivity index (χ2n) is 7.13. The number of pyridine rings is 2. The topological polar surface area (TPSA) is 134 Å². The van der Waals surface area contributed by atoms with Crippen LogP contribution in [-0.4, -0.2) is 45.2 Å². The van der Waals surface area contributed by atoms with E-state index in [0.29, 0.717) is 40.0 Å². The first-order valence-electron chi connectivity index (χ1n) is 10.6. The van der Waals surface area contributed by atoms with Crippen molar-refractivity contribution in [3.05, 3.63) is 54.7 Å². The number of rotatable bonds is 6. The number of benzene rings is 1. The number of H-pyrrole nitrogens is 1. The van der Waals surface area contributed by atoms with E-state index in [4.69, 9.17) is 4.74 Å². The summed E-state index contributed by atoms with van der Waals surface area (Å²) in [4.78, 5) is 39.6. The number of aromatic nitrogens is 4. The molecule has 0 radical (unpaired) electrons. The second-order valence-corrected chi connectivity index (χ2v) is 7.13. The van der Waals surface area contributed by atoms with E-state index in [0.717, 1.165) is 0 Å². The maximum atomic E-state index is 14.7. The van der Waals surface area contributed by atoms with Gasteiger partial charge >= 0.3 is 12.1 Å². The Kier molecular flexibility index (Phi) is 6.62. The van der Waals surface area contributed by atoms with Crippen molar-refractivity contribution >= 4 is 34.8 Å². The fourth-order valence-corrected chi connectivity index (χ4v) is 3.37. The van der Waals surface area contributed by atoms with Crippen molar-refractivity contribution in [1.82, 2.24) is 25.3 Å². The molecule has 3 heterocycles. The highest BCUT2D eigenvalue weighted by Gasteiger charge is 2.17. The normalized spacial score (nSPS) is 10.7. The SMILES string of the molecule is CCNC(=O)Nc1nc2c(-c3ncccc3F)cc(-c3cncc(NC(=O)OCC)c3)cc2[nH]1. The molecule has 0 aliphatic heterocycles. The first-order valence-corrected chi connectivity index (χ1v) is 10.6. The Morgan fingerprint density at radius 1 is 1.12 bits per heavy atom. The first kappa shape index (κ1) is 22.6. The van der Waals surface area contributed by atoms with Gasteiger partial charge in [-0.1, -0.05) is 0 Å². The standard InChI is InChI=1S/C23H22FN7O3/c1-3-26-22(32)31-21-29-18-10-13(14-8-15(12-25-11-14)28-23(33)34-4-2)9-16(20(18)30-21)19-17(24)6-5-7-27-19/h5-12H,3-4H2,1-2H3,(H,28,33)(H3,26,29,30,31,32). The van der Waals surface area contributed by atoms with Gasteiger partial charge in [0.1, 0.15) is 17.0 Å². The molecule has 4 aromatic rings. The molecule has 0 fully saturated rings. The number of carbonyl (C=O) groups is 2. The summed E-state index contributed by atoms with van der Waals surface area (Å²) < 4.78 is 19.6. The average molecular weight is 463 g/mol. The van der Waals surface area contributed by atoms with Crippen LogP contribution in [0.3, 0.4) is 0 Å². The number of nitrogens with one attached hydrogen (secondary N) is 4. The van der Waals surface area contributed by atoms with Gasteiger partial charge in [-0.05, 0) is 49.7 Å². The molecule has 0 spiro atoms. The smallest absolute Gasteiger partial charge is 0.411 e. The van der Waals surface area contributed by atoms with E-state index in [1.807, 2.05) is 0 Å². The third-order valence-corrected chi connectivity index (χ3v) is 4.76. The van der Waals surface area contributed by atoms with Crippen LogP contribution in [0, 0.1) is 5.82 Å². The van der Waals surface area contributed by atoms with Gasteiger partial charge in [0.2, 0.25) is 5.95 Å². The molecule has 3 aromatic heterocycles. The zero-order chi connectivity index (χ0) is 24.1. The molecule has 0 unspecified atom stereocenters. The van der Waals surface area contributed by atoms with Crippen molar-refractivity contribution in [3.8, 4) is 22.4 Å². The van der Waals surface area contributed by atoms with E-state index in [1.165, 1.54) is 24.5 Å². The molecule has 4 rings (SSSR count). The van der Waals surface area contributed by atoms with E-state index in [-0.39, 0.29) is 18.2 Å². The maximum absolute atomic E-state index is 14.7. The number of halogens is 1. The minimum Gasteiger partial charge on any atom is -0.450 e. The number of hydrogen-bond donors (Lipinski definition) is 4. The molecular weight excluding hydrogens is 441 g/mol. The minimum absolute atomic E-state index is 0.110. The number of urea groups is 1. The molecule has 0 saturated carbocycles. The molecule has 34 heavy (non-hydrogen) atoms. The van der Waals surface area contributed by atoms with Crippen molar-refractivity contribution in [2.75, 3.05) is 23.8 Å². The third-order valence-electron chi connectivity index (χ3n) is 4.76. The van der Waals surface area contributed by atoms with Gasteiger partial charge in [-0.3, -0.25) is 20.6 Å². The van der Waals surface area contributed by atoms with E-state index in [2.05, 4.69) is 35.9 Å². The highest BCUT2D eigenvalue weighted by atomic mass is 19.1. The number of nitrogens with zero attached hydrogens (tertiary/aromatic N) is 3. The number of anilines is 2. The lowest BCUT2D eigenvalue weighted by atomic mass is 10.0. The number of fused-ring (bicyclic) bond motifs is 1. The van der Waals surface area contributed by atoms with Gasteiger partial charge in [0.25, 0.3) is 0 Å². The zero-order valence-corrected chi connectivity index (χ0v) is 18.5. The number of carbonyl (C=O) groups excluding carboxylic acids is 2. The van der Waals surface area contributed by atoms with Crippen LogP contribution in [0.2, 0.25) is 0 Å². The van der Waals surface area contributed by atoms with E-state index in [1.54, 1.807) is 38.2 Å². The van der Waals surface area contributed by atoms with Gasteiger partial charge in [0, 0.05) is 30.1 Å². The fraction of sp³-hybridized carbons (Fsp3) is 0.174. The molecule has 0 saturated heterocycles. The number of amides is 3. The first-order chi connectivity index (χ1) is 16.5. The Morgan fingerprint density at radius 2 is 1.97 bits per heavy atom. The Bertz CT molecular complexity index is 1360. The van der Waals surface area contributed by atoms with E-state index >= 15 is 0 Å². The lowest BCUT2D eigenvalue weighted by Crippen LogP contribution is -2.28. The molecule has 3 amide bonds. The molecule has 11 heteroatoms. The van der Waals surface area contributed by atoms with Crippen molar-refractivity contribution in [2.45, 2.75) is 13.8 Å². The van der Waals surface area contributed by atoms with Crippen LogP contribution < -0.4 is 16.0 Å². The molecule has 1 aromatic carbocycles. The molecule has 4 N–H and O–H groups in total. The Morgan fingerprint density at radius 3 is 2.74 bits per heavy atom. The van der Waals surface area contributed by atoms with Gasteiger partial charge < -0.3 is 15.0 Å². The minimum atomic E-state index is -0.595. The van der Waals surface area contributed by atoms with Crippen molar-refractivity contribution in [2.24, 2.45) is 0 Å². The van der Waals surface area contributed by atoms with Crippen molar-refractivity contribution in [3.63, 3.8) is 0 Å². The molecule has 0 atom stereocenters. The number of aromatic amines is 1. The quantitative estimate of drug-likeness (QED) is 0.332. The number of imidazole rings is 1. The van der Waals surface area contributed by atoms with Gasteiger partial charge in [-0.2, -0.15) is 0 Å². The van der Waals surface area contributed by atoms with Gasteiger partial charge in [0.05, 0.1) is 24.0 Å². The highest BCUT2D eigenvalue weighted by Crippen LogP contribution is 2.34. The van der Waals surface area contributed by atoms with Crippen LogP contribution in [0.25, 0.3) is 33.4 Å². The van der Waals surface area contributed by atoms with Crippen LogP contribution in [-0.2, 0) is 4.74 Å². The third kappa shape index (κ3) is 4.93. The Labute approximate surface area is 194 Å².